The van der Waals surface area contributed by atoms with Crippen LogP contribution in [-0.2, 0) is 4.74 Å². The summed E-state index contributed by atoms with van der Waals surface area (Å²) in [6.45, 7) is 3.14. The third-order valence-corrected chi connectivity index (χ3v) is 4.41. The highest BCUT2D eigenvalue weighted by atomic mass is 16.5. The molecule has 2 saturated heterocycles. The molecule has 3 N–H and O–H groups in total. The molecule has 2 heterocycles. The van der Waals surface area contributed by atoms with Crippen LogP contribution >= 0.6 is 0 Å². The highest BCUT2D eigenvalue weighted by molar-refractivity contribution is 5.12. The zero-order valence-electron chi connectivity index (χ0n) is 8.67. The first-order valence-corrected chi connectivity index (χ1v) is 5.87. The lowest BCUT2D eigenvalue weighted by molar-refractivity contribution is -0.0716. The molecule has 1 spiro atoms. The van der Waals surface area contributed by atoms with Crippen molar-refractivity contribution in [3.63, 3.8) is 0 Å². The van der Waals surface area contributed by atoms with E-state index in [4.69, 9.17) is 10.5 Å². The zero-order valence-corrected chi connectivity index (χ0v) is 8.67. The summed E-state index contributed by atoms with van der Waals surface area (Å²) in [6, 6.07) is 1.24. The molecule has 1 unspecified atom stereocenters. The summed E-state index contributed by atoms with van der Waals surface area (Å²) in [6.07, 6.45) is 4.99. The van der Waals surface area contributed by atoms with E-state index in [0.717, 1.165) is 25.2 Å². The molecule has 0 radical (unpaired) electrons. The molecule has 14 heavy (non-hydrogen) atoms. The average Bonchev–Trinajstić information content (AvgIpc) is 2.13. The van der Waals surface area contributed by atoms with Gasteiger partial charge in [-0.1, -0.05) is 0 Å². The summed E-state index contributed by atoms with van der Waals surface area (Å²) >= 11 is 0. The van der Waals surface area contributed by atoms with Gasteiger partial charge in [0, 0.05) is 37.3 Å². The van der Waals surface area contributed by atoms with Crippen molar-refractivity contribution in [2.24, 2.45) is 17.1 Å². The second kappa shape index (κ2) is 3.19. The number of hydrogen-bond donors (Lipinski definition) is 2. The minimum Gasteiger partial charge on any atom is -0.381 e. The average molecular weight is 196 g/mol. The van der Waals surface area contributed by atoms with Gasteiger partial charge in [-0.2, -0.15) is 0 Å². The number of ether oxygens (including phenoxy) is 1. The standard InChI is InChI=1S/C11H20N2O/c12-9-5-11(6-9)7-13-10(11)8-1-3-14-4-2-8/h8-10,13H,1-7,12H2. The Morgan fingerprint density at radius 2 is 1.93 bits per heavy atom. The van der Waals surface area contributed by atoms with Crippen molar-refractivity contribution < 1.29 is 4.74 Å². The van der Waals surface area contributed by atoms with Crippen LogP contribution in [0.1, 0.15) is 25.7 Å². The van der Waals surface area contributed by atoms with Gasteiger partial charge in [-0.3, -0.25) is 0 Å². The Hall–Kier alpha value is -0.120. The summed E-state index contributed by atoms with van der Waals surface area (Å²) in [5.74, 6) is 0.852. The largest absolute Gasteiger partial charge is 0.381 e. The SMILES string of the molecule is NC1CC2(CNC2C2CCOCC2)C1. The molecule has 3 nitrogen and oxygen atoms in total. The maximum atomic E-state index is 5.90. The predicted octanol–water partition coefficient (Wildman–Crippen LogP) is 0.492. The summed E-state index contributed by atoms with van der Waals surface area (Å²) in [4.78, 5) is 0. The van der Waals surface area contributed by atoms with E-state index in [0.29, 0.717) is 11.5 Å². The van der Waals surface area contributed by atoms with Crippen LogP contribution in [-0.4, -0.2) is 31.8 Å². The van der Waals surface area contributed by atoms with Crippen molar-refractivity contribution in [1.29, 1.82) is 0 Å². The van der Waals surface area contributed by atoms with Crippen molar-refractivity contribution in [3.8, 4) is 0 Å². The Balaban J connectivity index is 1.62. The van der Waals surface area contributed by atoms with Crippen LogP contribution in [0.4, 0.5) is 0 Å². The lowest BCUT2D eigenvalue weighted by Crippen LogP contribution is -2.72. The maximum Gasteiger partial charge on any atom is 0.0469 e. The molecule has 0 bridgehead atoms. The van der Waals surface area contributed by atoms with Crippen LogP contribution in [0.25, 0.3) is 0 Å². The van der Waals surface area contributed by atoms with Gasteiger partial charge in [-0.25, -0.2) is 0 Å². The highest BCUT2D eigenvalue weighted by Gasteiger charge is 2.56. The van der Waals surface area contributed by atoms with Crippen LogP contribution in [0.15, 0.2) is 0 Å². The van der Waals surface area contributed by atoms with Crippen LogP contribution in [0.2, 0.25) is 0 Å². The van der Waals surface area contributed by atoms with Crippen LogP contribution in [0.5, 0.6) is 0 Å². The van der Waals surface area contributed by atoms with Gasteiger partial charge in [-0.05, 0) is 31.6 Å². The van der Waals surface area contributed by atoms with Gasteiger partial charge in [0.25, 0.3) is 0 Å². The van der Waals surface area contributed by atoms with Gasteiger partial charge in [0.15, 0.2) is 0 Å². The molecule has 3 fully saturated rings. The smallest absolute Gasteiger partial charge is 0.0469 e. The van der Waals surface area contributed by atoms with Gasteiger partial charge in [0.05, 0.1) is 0 Å². The number of nitrogens with one attached hydrogen (secondary N) is 1. The van der Waals surface area contributed by atoms with E-state index >= 15 is 0 Å². The Kier molecular flexibility index (Phi) is 2.08. The highest BCUT2D eigenvalue weighted by Crippen LogP contribution is 2.51. The fourth-order valence-electron chi connectivity index (χ4n) is 3.61. The molecule has 1 atom stereocenters. The molecular weight excluding hydrogens is 176 g/mol. The van der Waals surface area contributed by atoms with Gasteiger partial charge < -0.3 is 15.8 Å². The summed E-state index contributed by atoms with van der Waals surface area (Å²) in [7, 11) is 0. The van der Waals surface area contributed by atoms with Gasteiger partial charge in [-0.15, -0.1) is 0 Å². The molecule has 1 saturated carbocycles. The first-order chi connectivity index (χ1) is 6.80. The Labute approximate surface area is 85.4 Å². The topological polar surface area (TPSA) is 47.3 Å². The molecule has 0 aromatic carbocycles. The molecule has 3 rings (SSSR count). The van der Waals surface area contributed by atoms with Crippen LogP contribution in [0.3, 0.4) is 0 Å². The van der Waals surface area contributed by atoms with E-state index in [1.165, 1.54) is 32.2 Å². The fourth-order valence-corrected chi connectivity index (χ4v) is 3.61. The zero-order chi connectivity index (χ0) is 9.60. The number of nitrogens with two attached hydrogens (primary N) is 1. The van der Waals surface area contributed by atoms with Crippen molar-refractivity contribution in [2.75, 3.05) is 19.8 Å². The summed E-state index contributed by atoms with van der Waals surface area (Å²) in [5.41, 5.74) is 6.50. The quantitative estimate of drug-likeness (QED) is 0.642. The van der Waals surface area contributed by atoms with Crippen molar-refractivity contribution in [2.45, 2.75) is 37.8 Å². The second-order valence-electron chi connectivity index (χ2n) is 5.34. The second-order valence-corrected chi connectivity index (χ2v) is 5.34. The van der Waals surface area contributed by atoms with Crippen molar-refractivity contribution in [3.05, 3.63) is 0 Å². The molecule has 2 aliphatic heterocycles. The molecule has 1 aliphatic carbocycles. The molecule has 3 aliphatic rings. The van der Waals surface area contributed by atoms with Gasteiger partial charge in [0.1, 0.15) is 0 Å². The molecule has 0 amide bonds. The monoisotopic (exact) mass is 196 g/mol. The molecule has 0 aromatic heterocycles. The van der Waals surface area contributed by atoms with E-state index in [-0.39, 0.29) is 0 Å². The minimum absolute atomic E-state index is 0.486. The van der Waals surface area contributed by atoms with Crippen LogP contribution in [0, 0.1) is 11.3 Å². The van der Waals surface area contributed by atoms with Crippen molar-refractivity contribution >= 4 is 0 Å². The fraction of sp³-hybridized carbons (Fsp3) is 1.00. The number of rotatable bonds is 1. The third-order valence-electron chi connectivity index (χ3n) is 4.41. The third kappa shape index (κ3) is 1.23. The Bertz CT molecular complexity index is 219. The number of hydrogen-bond acceptors (Lipinski definition) is 3. The lowest BCUT2D eigenvalue weighted by Gasteiger charge is -2.61. The van der Waals surface area contributed by atoms with E-state index in [9.17, 15) is 0 Å². The predicted molar refractivity (Wildman–Crippen MR) is 55.0 cm³/mol. The van der Waals surface area contributed by atoms with Crippen molar-refractivity contribution in [1.82, 2.24) is 5.32 Å². The molecule has 0 aromatic rings. The lowest BCUT2D eigenvalue weighted by atomic mass is 9.54. The van der Waals surface area contributed by atoms with E-state index < -0.39 is 0 Å². The Morgan fingerprint density at radius 1 is 1.21 bits per heavy atom. The molecule has 3 heteroatoms. The first kappa shape index (κ1) is 9.13. The first-order valence-electron chi connectivity index (χ1n) is 5.87. The van der Waals surface area contributed by atoms with E-state index in [1.54, 1.807) is 0 Å². The Morgan fingerprint density at radius 3 is 2.43 bits per heavy atom. The summed E-state index contributed by atoms with van der Waals surface area (Å²) < 4.78 is 5.41. The van der Waals surface area contributed by atoms with Gasteiger partial charge >= 0.3 is 0 Å². The maximum absolute atomic E-state index is 5.90. The minimum atomic E-state index is 0.486. The summed E-state index contributed by atoms with van der Waals surface area (Å²) in [5, 5.41) is 3.62. The molecule has 80 valence electrons. The van der Waals surface area contributed by atoms with Gasteiger partial charge in [0.2, 0.25) is 0 Å². The normalized spacial score (nSPS) is 48.6. The van der Waals surface area contributed by atoms with E-state index in [1.807, 2.05) is 0 Å². The van der Waals surface area contributed by atoms with Crippen LogP contribution < -0.4 is 11.1 Å². The van der Waals surface area contributed by atoms with E-state index in [2.05, 4.69) is 5.32 Å². The molecular formula is C11H20N2O.